The normalized spacial score (nSPS) is 18.7. The second kappa shape index (κ2) is 13.0. The fraction of sp³-hybridized carbons (Fsp3) is 0.562. The summed E-state index contributed by atoms with van der Waals surface area (Å²) in [4.78, 5) is 26.4. The van der Waals surface area contributed by atoms with E-state index in [1.807, 2.05) is 44.2 Å². The van der Waals surface area contributed by atoms with Gasteiger partial charge in [-0.1, -0.05) is 18.2 Å². The van der Waals surface area contributed by atoms with Crippen LogP contribution in [0.4, 0.5) is 0 Å². The van der Waals surface area contributed by atoms with Gasteiger partial charge in [-0.05, 0) is 121 Å². The summed E-state index contributed by atoms with van der Waals surface area (Å²) in [5, 5.41) is 6.78. The zero-order valence-electron chi connectivity index (χ0n) is 23.9. The van der Waals surface area contributed by atoms with E-state index in [9.17, 15) is 9.59 Å². The van der Waals surface area contributed by atoms with Crippen LogP contribution < -0.4 is 15.4 Å². The van der Waals surface area contributed by atoms with E-state index in [1.165, 1.54) is 0 Å². The van der Waals surface area contributed by atoms with E-state index in [2.05, 4.69) is 17.6 Å². The van der Waals surface area contributed by atoms with Gasteiger partial charge in [0.2, 0.25) is 0 Å². The number of nitrogens with one attached hydrogen (secondary N) is 2. The van der Waals surface area contributed by atoms with Crippen molar-refractivity contribution >= 4 is 11.9 Å². The topological polar surface area (TPSA) is 85.9 Å². The number of aryl methyl sites for hydroxylation is 1. The zero-order valence-corrected chi connectivity index (χ0v) is 23.9. The highest BCUT2D eigenvalue weighted by molar-refractivity contribution is 5.90. The number of hydrogen-bond donors (Lipinski definition) is 2. The van der Waals surface area contributed by atoms with Crippen molar-refractivity contribution in [2.24, 2.45) is 11.8 Å². The summed E-state index contributed by atoms with van der Waals surface area (Å²) >= 11 is 0. The number of piperidine rings is 2. The number of esters is 2. The average Bonchev–Trinajstić information content (AvgIpc) is 2.97. The van der Waals surface area contributed by atoms with E-state index in [-0.39, 0.29) is 17.9 Å². The molecule has 2 aromatic carbocycles. The van der Waals surface area contributed by atoms with Gasteiger partial charge in [0, 0.05) is 11.8 Å². The Bertz CT molecular complexity index is 1110. The highest BCUT2D eigenvalue weighted by Gasteiger charge is 2.39. The van der Waals surface area contributed by atoms with Crippen LogP contribution in [0, 0.1) is 11.8 Å². The van der Waals surface area contributed by atoms with E-state index in [1.54, 1.807) is 25.3 Å². The van der Waals surface area contributed by atoms with Crippen molar-refractivity contribution in [3.63, 3.8) is 0 Å². The predicted octanol–water partition coefficient (Wildman–Crippen LogP) is 5.18. The van der Waals surface area contributed by atoms with Gasteiger partial charge in [-0.25, -0.2) is 9.59 Å². The second-order valence-electron chi connectivity index (χ2n) is 11.6. The van der Waals surface area contributed by atoms with E-state index in [0.717, 1.165) is 57.4 Å². The number of methoxy groups -OCH3 is 1. The van der Waals surface area contributed by atoms with Crippen LogP contribution in [0.3, 0.4) is 0 Å². The largest absolute Gasteiger partial charge is 0.496 e. The number of benzene rings is 2. The van der Waals surface area contributed by atoms with Gasteiger partial charge in [-0.3, -0.25) is 0 Å². The van der Waals surface area contributed by atoms with E-state index < -0.39 is 11.2 Å². The van der Waals surface area contributed by atoms with E-state index in [0.29, 0.717) is 35.6 Å². The Morgan fingerprint density at radius 3 is 2.00 bits per heavy atom. The Morgan fingerprint density at radius 1 is 0.795 bits per heavy atom. The number of ether oxygens (including phenoxy) is 3. The van der Waals surface area contributed by atoms with Gasteiger partial charge >= 0.3 is 11.9 Å². The molecule has 0 aliphatic carbocycles. The molecule has 2 heterocycles. The third kappa shape index (κ3) is 7.40. The standard InChI is InChI=1S/C32H44N2O5/c1-31(2,26-13-18-33-19-14-26)38-30(36)25-10-11-28(37-4)24(22-25)12-17-32(3,27-15-20-34-21-16-27)39-29(35)23-8-6-5-7-9-23/h5-11,22,26-27,33-34H,12-21H2,1-4H3. The monoisotopic (exact) mass is 536 g/mol. The molecular weight excluding hydrogens is 492 g/mol. The SMILES string of the molecule is COc1ccc(C(=O)OC(C)(C)C2CCNCC2)cc1CCC(C)(OC(=O)c1ccccc1)C1CCNCC1. The van der Waals surface area contributed by atoms with Crippen LogP contribution >= 0.6 is 0 Å². The number of hydrogen-bond acceptors (Lipinski definition) is 7. The van der Waals surface area contributed by atoms with Crippen LogP contribution in [0.15, 0.2) is 48.5 Å². The molecule has 39 heavy (non-hydrogen) atoms. The maximum atomic E-state index is 13.3. The molecule has 0 bridgehead atoms. The van der Waals surface area contributed by atoms with Crippen molar-refractivity contribution in [1.82, 2.24) is 10.6 Å². The summed E-state index contributed by atoms with van der Waals surface area (Å²) in [5.74, 6) is 0.646. The van der Waals surface area contributed by atoms with Crippen molar-refractivity contribution in [2.45, 2.75) is 70.5 Å². The van der Waals surface area contributed by atoms with Crippen LogP contribution in [0.1, 0.15) is 79.2 Å². The molecule has 4 rings (SSSR count). The Hall–Kier alpha value is -2.90. The molecule has 2 aromatic rings. The lowest BCUT2D eigenvalue weighted by atomic mass is 9.78. The third-order valence-electron chi connectivity index (χ3n) is 8.62. The fourth-order valence-electron chi connectivity index (χ4n) is 6.00. The highest BCUT2D eigenvalue weighted by atomic mass is 16.6. The van der Waals surface area contributed by atoms with Crippen molar-refractivity contribution in [3.8, 4) is 5.75 Å². The molecule has 2 saturated heterocycles. The van der Waals surface area contributed by atoms with Gasteiger partial charge in [-0.2, -0.15) is 0 Å². The molecule has 0 amide bonds. The first kappa shape index (κ1) is 29.1. The van der Waals surface area contributed by atoms with Crippen LogP contribution in [0.5, 0.6) is 5.75 Å². The lowest BCUT2D eigenvalue weighted by Gasteiger charge is -2.40. The average molecular weight is 537 g/mol. The maximum absolute atomic E-state index is 13.3. The molecule has 0 spiro atoms. The maximum Gasteiger partial charge on any atom is 0.338 e. The van der Waals surface area contributed by atoms with E-state index in [4.69, 9.17) is 14.2 Å². The Balaban J connectivity index is 1.51. The molecule has 2 N–H and O–H groups in total. The summed E-state index contributed by atoms with van der Waals surface area (Å²) in [7, 11) is 1.64. The quantitative estimate of drug-likeness (QED) is 0.405. The first-order valence-corrected chi connectivity index (χ1v) is 14.3. The molecule has 2 aliphatic rings. The molecule has 1 unspecified atom stereocenters. The van der Waals surface area contributed by atoms with Crippen molar-refractivity contribution in [1.29, 1.82) is 0 Å². The van der Waals surface area contributed by atoms with Gasteiger partial charge in [-0.15, -0.1) is 0 Å². The minimum atomic E-state index is -0.659. The molecule has 0 radical (unpaired) electrons. The molecule has 1 atom stereocenters. The molecule has 0 saturated carbocycles. The van der Waals surface area contributed by atoms with Gasteiger partial charge in [0.15, 0.2) is 0 Å². The lowest BCUT2D eigenvalue weighted by molar-refractivity contribution is -0.0525. The first-order chi connectivity index (χ1) is 18.7. The Labute approximate surface area is 233 Å². The minimum absolute atomic E-state index is 0.233. The zero-order chi connectivity index (χ0) is 27.9. The molecule has 0 aromatic heterocycles. The van der Waals surface area contributed by atoms with Gasteiger partial charge < -0.3 is 24.8 Å². The summed E-state index contributed by atoms with van der Waals surface area (Å²) < 4.78 is 18.0. The van der Waals surface area contributed by atoms with Crippen LogP contribution in [-0.4, -0.2) is 56.4 Å². The summed E-state index contributed by atoms with van der Waals surface area (Å²) in [6, 6.07) is 14.6. The number of carbonyl (C=O) groups is 2. The molecule has 2 aliphatic heterocycles. The number of rotatable bonds is 10. The van der Waals surface area contributed by atoms with Crippen molar-refractivity contribution in [2.75, 3.05) is 33.3 Å². The predicted molar refractivity (Wildman–Crippen MR) is 152 cm³/mol. The third-order valence-corrected chi connectivity index (χ3v) is 8.62. The summed E-state index contributed by atoms with van der Waals surface area (Å²) in [6.07, 6.45) is 5.08. The summed E-state index contributed by atoms with van der Waals surface area (Å²) in [5.41, 5.74) is 0.767. The summed E-state index contributed by atoms with van der Waals surface area (Å²) in [6.45, 7) is 9.77. The fourth-order valence-corrected chi connectivity index (χ4v) is 6.00. The Kier molecular flexibility index (Phi) is 9.67. The molecule has 7 heteroatoms. The lowest BCUT2D eigenvalue weighted by Crippen LogP contribution is -2.45. The van der Waals surface area contributed by atoms with Gasteiger partial charge in [0.25, 0.3) is 0 Å². The molecule has 212 valence electrons. The van der Waals surface area contributed by atoms with Crippen LogP contribution in [-0.2, 0) is 15.9 Å². The smallest absolute Gasteiger partial charge is 0.338 e. The molecule has 2 fully saturated rings. The molecular formula is C32H44N2O5. The van der Waals surface area contributed by atoms with Crippen molar-refractivity contribution < 1.29 is 23.8 Å². The van der Waals surface area contributed by atoms with Crippen molar-refractivity contribution in [3.05, 3.63) is 65.2 Å². The first-order valence-electron chi connectivity index (χ1n) is 14.3. The second-order valence-corrected chi connectivity index (χ2v) is 11.6. The van der Waals surface area contributed by atoms with Gasteiger partial charge in [0.1, 0.15) is 17.0 Å². The van der Waals surface area contributed by atoms with Gasteiger partial charge in [0.05, 0.1) is 18.2 Å². The molecule has 7 nitrogen and oxygen atoms in total. The van der Waals surface area contributed by atoms with Crippen LogP contribution in [0.25, 0.3) is 0 Å². The number of carbonyl (C=O) groups excluding carboxylic acids is 2. The Morgan fingerprint density at radius 2 is 1.38 bits per heavy atom. The highest BCUT2D eigenvalue weighted by Crippen LogP contribution is 2.36. The van der Waals surface area contributed by atoms with E-state index >= 15 is 0 Å². The minimum Gasteiger partial charge on any atom is -0.496 e. The van der Waals surface area contributed by atoms with Crippen LogP contribution in [0.2, 0.25) is 0 Å².